The zero-order chi connectivity index (χ0) is 13.3. The Morgan fingerprint density at radius 3 is 2.61 bits per heavy atom. The summed E-state index contributed by atoms with van der Waals surface area (Å²) in [5.74, 6) is 5.91. The molecule has 18 heavy (non-hydrogen) atoms. The molecule has 0 aliphatic heterocycles. The van der Waals surface area contributed by atoms with Crippen LogP contribution in [0.15, 0.2) is 18.2 Å². The second-order valence-corrected chi connectivity index (χ2v) is 4.29. The number of nitrogens with zero attached hydrogens (tertiary/aromatic N) is 2. The smallest absolute Gasteiger partial charge is 0.161 e. The Kier molecular flexibility index (Phi) is 3.45. The van der Waals surface area contributed by atoms with Gasteiger partial charge < -0.3 is 5.43 Å². The summed E-state index contributed by atoms with van der Waals surface area (Å²) in [4.78, 5) is 8.60. The highest BCUT2D eigenvalue weighted by Crippen LogP contribution is 2.25. The Balaban J connectivity index is 2.57. The van der Waals surface area contributed by atoms with E-state index >= 15 is 0 Å². The van der Waals surface area contributed by atoms with Gasteiger partial charge >= 0.3 is 0 Å². The van der Waals surface area contributed by atoms with Gasteiger partial charge in [0.25, 0.3) is 0 Å². The lowest BCUT2D eigenvalue weighted by atomic mass is 10.2. The van der Waals surface area contributed by atoms with Crippen molar-refractivity contribution in [2.45, 2.75) is 13.8 Å². The van der Waals surface area contributed by atoms with Crippen LogP contribution in [0.5, 0.6) is 0 Å². The third-order valence-electron chi connectivity index (χ3n) is 2.70. The van der Waals surface area contributed by atoms with Gasteiger partial charge in [-0.1, -0.05) is 11.6 Å². The highest BCUT2D eigenvalue weighted by molar-refractivity contribution is 6.31. The second-order valence-electron chi connectivity index (χ2n) is 3.88. The van der Waals surface area contributed by atoms with Crippen molar-refractivity contribution >= 4 is 17.4 Å². The molecule has 4 nitrogen and oxygen atoms in total. The van der Waals surface area contributed by atoms with Crippen molar-refractivity contribution in [3.63, 3.8) is 0 Å². The van der Waals surface area contributed by atoms with Gasteiger partial charge in [0.15, 0.2) is 5.82 Å². The number of anilines is 1. The summed E-state index contributed by atoms with van der Waals surface area (Å²) in [7, 11) is 0. The summed E-state index contributed by atoms with van der Waals surface area (Å²) < 4.78 is 13.1. The van der Waals surface area contributed by atoms with Gasteiger partial charge in [-0.2, -0.15) is 0 Å². The molecule has 0 amide bonds. The van der Waals surface area contributed by atoms with Crippen molar-refractivity contribution in [2.24, 2.45) is 5.84 Å². The summed E-state index contributed by atoms with van der Waals surface area (Å²) >= 11 is 5.74. The maximum absolute atomic E-state index is 13.1. The molecule has 0 radical (unpaired) electrons. The Labute approximate surface area is 109 Å². The van der Waals surface area contributed by atoms with E-state index < -0.39 is 5.82 Å². The Morgan fingerprint density at radius 1 is 1.28 bits per heavy atom. The van der Waals surface area contributed by atoms with Crippen LogP contribution in [-0.2, 0) is 0 Å². The molecule has 0 saturated carbocycles. The maximum atomic E-state index is 13.1. The molecule has 1 heterocycles. The number of nitrogen functional groups attached to an aromatic ring is 1. The number of hydrazine groups is 1. The summed E-state index contributed by atoms with van der Waals surface area (Å²) in [6.45, 7) is 3.72. The van der Waals surface area contributed by atoms with Crippen LogP contribution >= 0.6 is 11.6 Å². The van der Waals surface area contributed by atoms with E-state index in [1.54, 1.807) is 6.07 Å². The highest BCUT2D eigenvalue weighted by Gasteiger charge is 2.10. The molecule has 1 aromatic heterocycles. The van der Waals surface area contributed by atoms with Crippen molar-refractivity contribution < 1.29 is 4.39 Å². The quantitative estimate of drug-likeness (QED) is 0.648. The van der Waals surface area contributed by atoms with Crippen molar-refractivity contribution in [1.29, 1.82) is 0 Å². The first kappa shape index (κ1) is 12.7. The van der Waals surface area contributed by atoms with E-state index in [0.717, 1.165) is 11.3 Å². The van der Waals surface area contributed by atoms with Crippen LogP contribution in [0.25, 0.3) is 11.4 Å². The van der Waals surface area contributed by atoms with Gasteiger partial charge in [0.2, 0.25) is 0 Å². The molecule has 2 aromatic rings. The largest absolute Gasteiger partial charge is 0.308 e. The first-order valence-corrected chi connectivity index (χ1v) is 5.68. The number of aromatic nitrogens is 2. The molecule has 0 spiro atoms. The van der Waals surface area contributed by atoms with Crippen LogP contribution in [0.3, 0.4) is 0 Å². The summed E-state index contributed by atoms with van der Waals surface area (Å²) in [6, 6.07) is 4.35. The summed E-state index contributed by atoms with van der Waals surface area (Å²) in [6.07, 6.45) is 0. The first-order valence-electron chi connectivity index (χ1n) is 5.30. The topological polar surface area (TPSA) is 63.8 Å². The van der Waals surface area contributed by atoms with E-state index in [-0.39, 0.29) is 5.02 Å². The van der Waals surface area contributed by atoms with Gasteiger partial charge in [-0.05, 0) is 32.0 Å². The minimum atomic E-state index is -0.471. The lowest BCUT2D eigenvalue weighted by Crippen LogP contribution is -2.12. The fourth-order valence-corrected chi connectivity index (χ4v) is 1.71. The number of aryl methyl sites for hydroxylation is 1. The first-order chi connectivity index (χ1) is 8.52. The number of benzene rings is 1. The Hall–Kier alpha value is -1.72. The number of halogens is 2. The van der Waals surface area contributed by atoms with Gasteiger partial charge in [0, 0.05) is 16.8 Å². The molecule has 94 valence electrons. The van der Waals surface area contributed by atoms with E-state index in [1.807, 2.05) is 13.8 Å². The van der Waals surface area contributed by atoms with E-state index in [9.17, 15) is 4.39 Å². The molecule has 0 saturated heterocycles. The van der Waals surface area contributed by atoms with E-state index in [0.29, 0.717) is 17.2 Å². The standard InChI is InChI=1S/C12H12ClFN4/c1-6-7(2)16-12(17-11(6)18-15)8-3-4-10(14)9(13)5-8/h3-5H,15H2,1-2H3,(H,16,17,18). The molecular weight excluding hydrogens is 255 g/mol. The van der Waals surface area contributed by atoms with Gasteiger partial charge in [-0.3, -0.25) is 0 Å². The van der Waals surface area contributed by atoms with E-state index in [4.69, 9.17) is 17.4 Å². The van der Waals surface area contributed by atoms with Crippen LogP contribution in [0.4, 0.5) is 10.2 Å². The van der Waals surface area contributed by atoms with Gasteiger partial charge in [-0.15, -0.1) is 0 Å². The third-order valence-corrected chi connectivity index (χ3v) is 2.99. The molecule has 6 heteroatoms. The van der Waals surface area contributed by atoms with Crippen molar-refractivity contribution in [1.82, 2.24) is 9.97 Å². The number of hydrogen-bond acceptors (Lipinski definition) is 4. The number of nitrogens with one attached hydrogen (secondary N) is 1. The SMILES string of the molecule is Cc1nc(-c2ccc(F)c(Cl)c2)nc(NN)c1C. The van der Waals surface area contributed by atoms with Crippen LogP contribution in [0.2, 0.25) is 5.02 Å². The number of hydrogen-bond donors (Lipinski definition) is 2. The second kappa shape index (κ2) is 4.88. The molecule has 0 unspecified atom stereocenters. The van der Waals surface area contributed by atoms with Gasteiger partial charge in [0.1, 0.15) is 11.6 Å². The summed E-state index contributed by atoms with van der Waals surface area (Å²) in [5.41, 5.74) is 4.82. The average molecular weight is 267 g/mol. The zero-order valence-electron chi connectivity index (χ0n) is 9.96. The molecule has 0 aliphatic carbocycles. The van der Waals surface area contributed by atoms with E-state index in [2.05, 4.69) is 15.4 Å². The van der Waals surface area contributed by atoms with Gasteiger partial charge in [-0.25, -0.2) is 20.2 Å². The molecule has 1 aromatic carbocycles. The van der Waals surface area contributed by atoms with Gasteiger partial charge in [0.05, 0.1) is 5.02 Å². The zero-order valence-corrected chi connectivity index (χ0v) is 10.7. The monoisotopic (exact) mass is 266 g/mol. The van der Waals surface area contributed by atoms with Crippen molar-refractivity contribution in [3.05, 3.63) is 40.3 Å². The Bertz CT molecular complexity index is 601. The molecule has 0 fully saturated rings. The summed E-state index contributed by atoms with van der Waals surface area (Å²) in [5, 5.41) is 0.0385. The fourth-order valence-electron chi connectivity index (χ4n) is 1.53. The molecule has 0 bridgehead atoms. The fraction of sp³-hybridized carbons (Fsp3) is 0.167. The maximum Gasteiger partial charge on any atom is 0.161 e. The number of nitrogens with two attached hydrogens (primary N) is 1. The average Bonchev–Trinajstić information content (AvgIpc) is 2.36. The van der Waals surface area contributed by atoms with Crippen LogP contribution < -0.4 is 11.3 Å². The van der Waals surface area contributed by atoms with Crippen LogP contribution in [-0.4, -0.2) is 9.97 Å². The lowest BCUT2D eigenvalue weighted by molar-refractivity contribution is 0.628. The minimum absolute atomic E-state index is 0.0385. The molecule has 0 atom stereocenters. The van der Waals surface area contributed by atoms with Crippen LogP contribution in [0, 0.1) is 19.7 Å². The molecule has 2 rings (SSSR count). The predicted octanol–water partition coefficient (Wildman–Crippen LogP) is 2.84. The molecular formula is C12H12ClFN4. The normalized spacial score (nSPS) is 10.5. The molecule has 0 aliphatic rings. The van der Waals surface area contributed by atoms with Crippen molar-refractivity contribution in [3.8, 4) is 11.4 Å². The predicted molar refractivity (Wildman–Crippen MR) is 69.7 cm³/mol. The Morgan fingerprint density at radius 2 is 2.00 bits per heavy atom. The van der Waals surface area contributed by atoms with E-state index in [1.165, 1.54) is 12.1 Å². The molecule has 3 N–H and O–H groups in total. The minimum Gasteiger partial charge on any atom is -0.308 e. The number of rotatable bonds is 2. The lowest BCUT2D eigenvalue weighted by Gasteiger charge is -2.09. The van der Waals surface area contributed by atoms with Crippen molar-refractivity contribution in [2.75, 3.05) is 5.43 Å². The van der Waals surface area contributed by atoms with Crippen LogP contribution in [0.1, 0.15) is 11.3 Å². The highest BCUT2D eigenvalue weighted by atomic mass is 35.5. The third kappa shape index (κ3) is 2.27.